The number of nitrogens with zero attached hydrogens (tertiary/aromatic N) is 1. The van der Waals surface area contributed by atoms with Crippen LogP contribution in [-0.2, 0) is 4.79 Å². The Balaban J connectivity index is 2.22. The number of amides is 1. The van der Waals surface area contributed by atoms with E-state index in [-0.39, 0.29) is 16.6 Å². The summed E-state index contributed by atoms with van der Waals surface area (Å²) in [4.78, 5) is 23.3. The summed E-state index contributed by atoms with van der Waals surface area (Å²) < 4.78 is 13.6. The van der Waals surface area contributed by atoms with Crippen molar-refractivity contribution in [2.45, 2.75) is 32.2 Å². The third-order valence-electron chi connectivity index (χ3n) is 3.48. The van der Waals surface area contributed by atoms with Crippen LogP contribution in [0.15, 0.2) is 24.3 Å². The highest BCUT2D eigenvalue weighted by Gasteiger charge is 2.21. The van der Waals surface area contributed by atoms with Crippen molar-refractivity contribution in [3.63, 3.8) is 0 Å². The summed E-state index contributed by atoms with van der Waals surface area (Å²) in [6, 6.07) is 4.60. The Morgan fingerprint density at radius 2 is 2.08 bits per heavy atom. The van der Waals surface area contributed by atoms with E-state index in [1.54, 1.807) is 6.07 Å². The molecule has 2 aromatic rings. The number of aliphatic carboxylic acids is 1. The Bertz CT molecular complexity index is 761. The molecular weight excluding hydrogens is 337 g/mol. The molecule has 0 radical (unpaired) electrons. The highest BCUT2D eigenvalue weighted by Crippen LogP contribution is 2.23. The maximum Gasteiger partial charge on any atom is 0.305 e. The van der Waals surface area contributed by atoms with E-state index in [2.05, 4.69) is 15.5 Å². The maximum absolute atomic E-state index is 13.6. The van der Waals surface area contributed by atoms with Crippen LogP contribution in [0.5, 0.6) is 0 Å². The molecule has 0 bridgehead atoms. The van der Waals surface area contributed by atoms with Crippen molar-refractivity contribution in [2.75, 3.05) is 0 Å². The summed E-state index contributed by atoms with van der Waals surface area (Å²) >= 11 is 5.63. The van der Waals surface area contributed by atoms with Crippen LogP contribution in [0.3, 0.4) is 0 Å². The Morgan fingerprint density at radius 1 is 1.38 bits per heavy atom. The summed E-state index contributed by atoms with van der Waals surface area (Å²) in [5.41, 5.74) is 1.24. The van der Waals surface area contributed by atoms with Crippen molar-refractivity contribution in [3.05, 3.63) is 52.1 Å². The lowest BCUT2D eigenvalue weighted by molar-refractivity contribution is -0.137. The molecule has 0 spiro atoms. The summed E-state index contributed by atoms with van der Waals surface area (Å²) in [6.45, 7) is 3.89. The van der Waals surface area contributed by atoms with E-state index in [9.17, 15) is 14.0 Å². The van der Waals surface area contributed by atoms with Crippen molar-refractivity contribution in [1.82, 2.24) is 15.5 Å². The number of halogens is 2. The lowest BCUT2D eigenvalue weighted by Gasteiger charge is -2.17. The number of hydrogen-bond acceptors (Lipinski definition) is 3. The van der Waals surface area contributed by atoms with Crippen LogP contribution >= 0.6 is 11.6 Å². The Hall–Kier alpha value is -2.41. The fourth-order valence-electron chi connectivity index (χ4n) is 2.14. The number of carbonyl (C=O) groups excluding carboxylic acids is 1. The zero-order valence-electron chi connectivity index (χ0n) is 13.1. The molecule has 1 aromatic carbocycles. The monoisotopic (exact) mass is 353 g/mol. The molecule has 6 nitrogen and oxygen atoms in total. The van der Waals surface area contributed by atoms with Crippen molar-refractivity contribution in [1.29, 1.82) is 0 Å². The van der Waals surface area contributed by atoms with Crippen molar-refractivity contribution >= 4 is 23.5 Å². The molecule has 2 rings (SSSR count). The molecule has 1 aromatic heterocycles. The van der Waals surface area contributed by atoms with Gasteiger partial charge in [-0.05, 0) is 29.7 Å². The number of nitrogens with one attached hydrogen (secondary N) is 2. The van der Waals surface area contributed by atoms with Crippen LogP contribution in [0.2, 0.25) is 5.02 Å². The van der Waals surface area contributed by atoms with Gasteiger partial charge in [0.15, 0.2) is 0 Å². The predicted octanol–water partition coefficient (Wildman–Crippen LogP) is 3.27. The maximum atomic E-state index is 13.6. The number of aromatic nitrogens is 2. The van der Waals surface area contributed by atoms with E-state index >= 15 is 0 Å². The summed E-state index contributed by atoms with van der Waals surface area (Å²) in [7, 11) is 0. The second-order valence-corrected chi connectivity index (χ2v) is 6.07. The SMILES string of the molecule is CC(C)c1cc(C(=O)NC(CC(=O)O)c2ccc(Cl)c(F)c2)n[nH]1. The van der Waals surface area contributed by atoms with E-state index < -0.39 is 30.2 Å². The van der Waals surface area contributed by atoms with Gasteiger partial charge in [-0.1, -0.05) is 31.5 Å². The Morgan fingerprint density at radius 3 is 2.62 bits per heavy atom. The van der Waals surface area contributed by atoms with Gasteiger partial charge in [0.25, 0.3) is 5.91 Å². The largest absolute Gasteiger partial charge is 0.481 e. The summed E-state index contributed by atoms with van der Waals surface area (Å²) in [5.74, 6) is -2.18. The number of benzene rings is 1. The van der Waals surface area contributed by atoms with Gasteiger partial charge in [0.05, 0.1) is 17.5 Å². The first-order valence-corrected chi connectivity index (χ1v) is 7.68. The summed E-state index contributed by atoms with van der Waals surface area (Å²) in [5, 5.41) is 18.2. The normalized spacial score (nSPS) is 12.2. The van der Waals surface area contributed by atoms with Crippen molar-refractivity contribution < 1.29 is 19.1 Å². The molecule has 1 unspecified atom stereocenters. The number of H-pyrrole nitrogens is 1. The van der Waals surface area contributed by atoms with Crippen LogP contribution in [0, 0.1) is 5.82 Å². The molecule has 0 aliphatic heterocycles. The Labute approximate surface area is 143 Å². The average molecular weight is 354 g/mol. The van der Waals surface area contributed by atoms with Gasteiger partial charge in [-0.25, -0.2) is 4.39 Å². The molecule has 3 N–H and O–H groups in total. The number of carbonyl (C=O) groups is 2. The Kier molecular flexibility index (Phi) is 5.56. The first kappa shape index (κ1) is 17.9. The lowest BCUT2D eigenvalue weighted by Crippen LogP contribution is -2.30. The fourth-order valence-corrected chi connectivity index (χ4v) is 2.25. The first-order chi connectivity index (χ1) is 11.3. The fraction of sp³-hybridized carbons (Fsp3) is 0.312. The van der Waals surface area contributed by atoms with Gasteiger partial charge in [0.2, 0.25) is 0 Å². The number of hydrogen-bond donors (Lipinski definition) is 3. The van der Waals surface area contributed by atoms with Crippen molar-refractivity contribution in [3.8, 4) is 0 Å². The minimum atomic E-state index is -1.12. The first-order valence-electron chi connectivity index (χ1n) is 7.30. The summed E-state index contributed by atoms with van der Waals surface area (Å²) in [6.07, 6.45) is -0.395. The molecule has 0 saturated heterocycles. The molecule has 1 heterocycles. The molecule has 0 aliphatic carbocycles. The van der Waals surface area contributed by atoms with E-state index in [1.165, 1.54) is 12.1 Å². The second kappa shape index (κ2) is 7.44. The van der Waals surface area contributed by atoms with Crippen LogP contribution in [-0.4, -0.2) is 27.2 Å². The molecule has 0 aliphatic rings. The van der Waals surface area contributed by atoms with Crippen LogP contribution < -0.4 is 5.32 Å². The molecule has 24 heavy (non-hydrogen) atoms. The third-order valence-corrected chi connectivity index (χ3v) is 3.79. The minimum Gasteiger partial charge on any atom is -0.481 e. The van der Waals surface area contributed by atoms with E-state index in [1.807, 2.05) is 13.8 Å². The zero-order valence-corrected chi connectivity index (χ0v) is 13.9. The lowest BCUT2D eigenvalue weighted by atomic mass is 10.0. The molecular formula is C16H17ClFN3O3. The number of carboxylic acid groups (broad SMARTS) is 1. The second-order valence-electron chi connectivity index (χ2n) is 5.66. The third kappa shape index (κ3) is 4.32. The minimum absolute atomic E-state index is 0.0759. The highest BCUT2D eigenvalue weighted by atomic mass is 35.5. The van der Waals surface area contributed by atoms with Gasteiger partial charge in [0, 0.05) is 5.69 Å². The molecule has 0 fully saturated rings. The van der Waals surface area contributed by atoms with Gasteiger partial charge in [-0.2, -0.15) is 5.10 Å². The van der Waals surface area contributed by atoms with Crippen LogP contribution in [0.25, 0.3) is 0 Å². The quantitative estimate of drug-likeness (QED) is 0.742. The van der Waals surface area contributed by atoms with Gasteiger partial charge in [-0.3, -0.25) is 14.7 Å². The van der Waals surface area contributed by atoms with Crippen LogP contribution in [0.1, 0.15) is 54.0 Å². The number of aromatic amines is 1. The van der Waals surface area contributed by atoms with Crippen LogP contribution in [0.4, 0.5) is 4.39 Å². The molecule has 1 atom stereocenters. The smallest absolute Gasteiger partial charge is 0.305 e. The number of carboxylic acids is 1. The van der Waals surface area contributed by atoms with Gasteiger partial charge < -0.3 is 10.4 Å². The molecule has 128 valence electrons. The zero-order chi connectivity index (χ0) is 17.9. The molecule has 1 amide bonds. The van der Waals surface area contributed by atoms with E-state index in [0.717, 1.165) is 11.8 Å². The molecule has 0 saturated carbocycles. The van der Waals surface area contributed by atoms with Gasteiger partial charge in [0.1, 0.15) is 11.5 Å². The number of rotatable bonds is 6. The van der Waals surface area contributed by atoms with Gasteiger partial charge in [-0.15, -0.1) is 0 Å². The highest BCUT2D eigenvalue weighted by molar-refractivity contribution is 6.30. The van der Waals surface area contributed by atoms with Crippen molar-refractivity contribution in [2.24, 2.45) is 0 Å². The van der Waals surface area contributed by atoms with Gasteiger partial charge >= 0.3 is 5.97 Å². The topological polar surface area (TPSA) is 95.1 Å². The molecule has 8 heteroatoms. The predicted molar refractivity (Wildman–Crippen MR) is 86.5 cm³/mol. The standard InChI is InChI=1S/C16H17ClFN3O3/c1-8(2)12-6-14(21-20-12)16(24)19-13(7-15(22)23)9-3-4-10(17)11(18)5-9/h3-6,8,13H,7H2,1-2H3,(H,19,24)(H,20,21)(H,22,23). The average Bonchev–Trinajstić information content (AvgIpc) is 2.99. The van der Waals surface area contributed by atoms with E-state index in [0.29, 0.717) is 5.56 Å². The van der Waals surface area contributed by atoms with E-state index in [4.69, 9.17) is 16.7 Å².